The molecule has 1 aliphatic rings. The van der Waals surface area contributed by atoms with Gasteiger partial charge in [-0.3, -0.25) is 0 Å². The zero-order valence-electron chi connectivity index (χ0n) is 11.1. The van der Waals surface area contributed by atoms with Gasteiger partial charge in [-0.1, -0.05) is 22.0 Å². The van der Waals surface area contributed by atoms with Crippen LogP contribution < -0.4 is 9.47 Å². The summed E-state index contributed by atoms with van der Waals surface area (Å²) in [6.45, 7) is 2.29. The van der Waals surface area contributed by atoms with E-state index in [0.29, 0.717) is 26.3 Å². The molecule has 1 aromatic carbocycles. The van der Waals surface area contributed by atoms with E-state index in [1.165, 1.54) is 4.90 Å². The maximum atomic E-state index is 10.8. The van der Waals surface area contributed by atoms with Crippen LogP contribution in [0.3, 0.4) is 0 Å². The Morgan fingerprint density at radius 2 is 2.15 bits per heavy atom. The standard InChI is InChI=1S/C14H18BrNO4/c15-5-7-19-12-2-1-3-13(8-12)20-10-11-4-6-16(9-11)14(17)18/h1-3,8,11H,4-7,9-10H2,(H,17,18). The van der Waals surface area contributed by atoms with E-state index in [1.54, 1.807) is 0 Å². The van der Waals surface area contributed by atoms with E-state index < -0.39 is 6.09 Å². The zero-order valence-corrected chi connectivity index (χ0v) is 12.7. The van der Waals surface area contributed by atoms with Gasteiger partial charge in [-0.25, -0.2) is 4.79 Å². The fraction of sp³-hybridized carbons (Fsp3) is 0.500. The van der Waals surface area contributed by atoms with Crippen molar-refractivity contribution in [2.75, 3.05) is 31.6 Å². The molecule has 0 aromatic heterocycles. The molecule has 0 spiro atoms. The molecular weight excluding hydrogens is 326 g/mol. The predicted octanol–water partition coefficient (Wildman–Crippen LogP) is 2.84. The molecule has 1 aliphatic heterocycles. The Bertz CT molecular complexity index is 455. The molecule has 6 heteroatoms. The lowest BCUT2D eigenvalue weighted by Gasteiger charge is -2.14. The maximum Gasteiger partial charge on any atom is 0.407 e. The molecule has 0 bridgehead atoms. The zero-order chi connectivity index (χ0) is 14.4. The summed E-state index contributed by atoms with van der Waals surface area (Å²) in [6, 6.07) is 7.51. The number of halogens is 1. The number of alkyl halides is 1. The molecule has 1 fully saturated rings. The Morgan fingerprint density at radius 3 is 2.80 bits per heavy atom. The van der Waals surface area contributed by atoms with Crippen LogP contribution in [0.5, 0.6) is 11.5 Å². The van der Waals surface area contributed by atoms with Crippen LogP contribution in [-0.2, 0) is 0 Å². The maximum absolute atomic E-state index is 10.8. The summed E-state index contributed by atoms with van der Waals surface area (Å²) in [7, 11) is 0. The third-order valence-electron chi connectivity index (χ3n) is 3.19. The average molecular weight is 344 g/mol. The number of carbonyl (C=O) groups is 1. The van der Waals surface area contributed by atoms with Crippen molar-refractivity contribution in [2.45, 2.75) is 6.42 Å². The topological polar surface area (TPSA) is 59.0 Å². The highest BCUT2D eigenvalue weighted by Crippen LogP contribution is 2.22. The van der Waals surface area contributed by atoms with Crippen molar-refractivity contribution >= 4 is 22.0 Å². The van der Waals surface area contributed by atoms with E-state index in [1.807, 2.05) is 24.3 Å². The molecule has 2 rings (SSSR count). The highest BCUT2D eigenvalue weighted by molar-refractivity contribution is 9.09. The Morgan fingerprint density at radius 1 is 1.40 bits per heavy atom. The molecule has 0 radical (unpaired) electrons. The molecule has 110 valence electrons. The van der Waals surface area contributed by atoms with E-state index in [-0.39, 0.29) is 5.92 Å². The summed E-state index contributed by atoms with van der Waals surface area (Å²) >= 11 is 3.31. The molecule has 20 heavy (non-hydrogen) atoms. The molecule has 1 aromatic rings. The summed E-state index contributed by atoms with van der Waals surface area (Å²) in [5.41, 5.74) is 0. The van der Waals surface area contributed by atoms with Gasteiger partial charge in [0.2, 0.25) is 0 Å². The van der Waals surface area contributed by atoms with Crippen molar-refractivity contribution in [3.8, 4) is 11.5 Å². The van der Waals surface area contributed by atoms with Crippen molar-refractivity contribution < 1.29 is 19.4 Å². The van der Waals surface area contributed by atoms with E-state index in [4.69, 9.17) is 14.6 Å². The molecule has 1 amide bonds. The molecule has 0 saturated carbocycles. The Labute approximate surface area is 126 Å². The second-order valence-electron chi connectivity index (χ2n) is 4.71. The Hall–Kier alpha value is -1.43. The first-order valence-corrected chi connectivity index (χ1v) is 7.70. The van der Waals surface area contributed by atoms with Gasteiger partial charge in [-0.2, -0.15) is 0 Å². The number of amides is 1. The summed E-state index contributed by atoms with van der Waals surface area (Å²) in [5.74, 6) is 1.80. The summed E-state index contributed by atoms with van der Waals surface area (Å²) < 4.78 is 11.2. The monoisotopic (exact) mass is 343 g/mol. The summed E-state index contributed by atoms with van der Waals surface area (Å²) in [6.07, 6.45) is 0.00387. The van der Waals surface area contributed by atoms with E-state index >= 15 is 0 Å². The van der Waals surface area contributed by atoms with Crippen molar-refractivity contribution in [2.24, 2.45) is 5.92 Å². The van der Waals surface area contributed by atoms with Crippen LogP contribution >= 0.6 is 15.9 Å². The fourth-order valence-corrected chi connectivity index (χ4v) is 2.33. The van der Waals surface area contributed by atoms with E-state index in [9.17, 15) is 4.79 Å². The van der Waals surface area contributed by atoms with Crippen molar-refractivity contribution in [3.05, 3.63) is 24.3 Å². The number of likely N-dealkylation sites (tertiary alicyclic amines) is 1. The quantitative estimate of drug-likeness (QED) is 0.807. The van der Waals surface area contributed by atoms with Gasteiger partial charge in [0.15, 0.2) is 0 Å². The van der Waals surface area contributed by atoms with Gasteiger partial charge in [0.25, 0.3) is 0 Å². The molecular formula is C14H18BrNO4. The molecule has 1 unspecified atom stereocenters. The van der Waals surface area contributed by atoms with Crippen LogP contribution in [0, 0.1) is 5.92 Å². The lowest BCUT2D eigenvalue weighted by Crippen LogP contribution is -2.27. The Balaban J connectivity index is 1.80. The molecule has 1 heterocycles. The summed E-state index contributed by atoms with van der Waals surface area (Å²) in [5, 5.41) is 9.68. The highest BCUT2D eigenvalue weighted by Gasteiger charge is 2.26. The minimum atomic E-state index is -0.849. The van der Waals surface area contributed by atoms with Gasteiger partial charge in [0.05, 0.1) is 13.2 Å². The molecule has 5 nitrogen and oxygen atoms in total. The van der Waals surface area contributed by atoms with Crippen LogP contribution in [0.2, 0.25) is 0 Å². The van der Waals surface area contributed by atoms with Crippen molar-refractivity contribution in [1.29, 1.82) is 0 Å². The number of hydrogen-bond donors (Lipinski definition) is 1. The lowest BCUT2D eigenvalue weighted by atomic mass is 10.1. The number of nitrogens with zero attached hydrogens (tertiary/aromatic N) is 1. The smallest absolute Gasteiger partial charge is 0.407 e. The van der Waals surface area contributed by atoms with Crippen molar-refractivity contribution in [1.82, 2.24) is 4.90 Å². The molecule has 0 aliphatic carbocycles. The largest absolute Gasteiger partial charge is 0.493 e. The fourth-order valence-electron chi connectivity index (χ4n) is 2.17. The minimum absolute atomic E-state index is 0.262. The number of ether oxygens (including phenoxy) is 2. The number of carboxylic acid groups (broad SMARTS) is 1. The van der Waals surface area contributed by atoms with Crippen LogP contribution in [0.15, 0.2) is 24.3 Å². The highest BCUT2D eigenvalue weighted by atomic mass is 79.9. The normalized spacial score (nSPS) is 18.1. The van der Waals surface area contributed by atoms with Crippen LogP contribution in [0.25, 0.3) is 0 Å². The number of rotatable bonds is 6. The van der Waals surface area contributed by atoms with Crippen molar-refractivity contribution in [3.63, 3.8) is 0 Å². The SMILES string of the molecule is O=C(O)N1CCC(COc2cccc(OCCBr)c2)C1. The second kappa shape index (κ2) is 7.38. The third kappa shape index (κ3) is 4.30. The lowest BCUT2D eigenvalue weighted by molar-refractivity contribution is 0.151. The first-order valence-electron chi connectivity index (χ1n) is 6.58. The van der Waals surface area contributed by atoms with Crippen LogP contribution in [0.1, 0.15) is 6.42 Å². The third-order valence-corrected chi connectivity index (χ3v) is 3.52. The number of benzene rings is 1. The van der Waals surface area contributed by atoms with Gasteiger partial charge in [-0.15, -0.1) is 0 Å². The minimum Gasteiger partial charge on any atom is -0.493 e. The van der Waals surface area contributed by atoms with Crippen LogP contribution in [-0.4, -0.2) is 47.7 Å². The predicted molar refractivity (Wildman–Crippen MR) is 78.9 cm³/mol. The van der Waals surface area contributed by atoms with Gasteiger partial charge >= 0.3 is 6.09 Å². The van der Waals surface area contributed by atoms with Crippen LogP contribution in [0.4, 0.5) is 4.79 Å². The average Bonchev–Trinajstić information content (AvgIpc) is 2.92. The molecule has 1 atom stereocenters. The number of hydrogen-bond acceptors (Lipinski definition) is 3. The second-order valence-corrected chi connectivity index (χ2v) is 5.50. The van der Waals surface area contributed by atoms with E-state index in [2.05, 4.69) is 15.9 Å². The van der Waals surface area contributed by atoms with Gasteiger partial charge in [0, 0.05) is 30.4 Å². The van der Waals surface area contributed by atoms with Gasteiger partial charge in [-0.05, 0) is 18.6 Å². The van der Waals surface area contributed by atoms with Gasteiger partial charge < -0.3 is 19.5 Å². The van der Waals surface area contributed by atoms with E-state index in [0.717, 1.165) is 23.2 Å². The molecule has 1 N–H and O–H groups in total. The first-order chi connectivity index (χ1) is 9.69. The molecule has 1 saturated heterocycles. The van der Waals surface area contributed by atoms with Gasteiger partial charge in [0.1, 0.15) is 11.5 Å². The Kier molecular flexibility index (Phi) is 5.52. The first kappa shape index (κ1) is 15.0. The summed E-state index contributed by atoms with van der Waals surface area (Å²) in [4.78, 5) is 12.3.